The Morgan fingerprint density at radius 3 is 2.60 bits per heavy atom. The van der Waals surface area contributed by atoms with Crippen LogP contribution in [0.5, 0.6) is 0 Å². The number of amides is 1. The molecule has 0 spiro atoms. The molecule has 5 nitrogen and oxygen atoms in total. The minimum absolute atomic E-state index is 0.0178. The van der Waals surface area contributed by atoms with Crippen LogP contribution in [0.4, 0.5) is 13.2 Å². The molecule has 0 saturated carbocycles. The molecule has 1 aromatic heterocycles. The van der Waals surface area contributed by atoms with Gasteiger partial charge in [-0.25, -0.2) is 0 Å². The van der Waals surface area contributed by atoms with Gasteiger partial charge in [-0.3, -0.25) is 14.7 Å². The van der Waals surface area contributed by atoms with Crippen LogP contribution in [0.3, 0.4) is 0 Å². The van der Waals surface area contributed by atoms with Gasteiger partial charge < -0.3 is 9.64 Å². The number of aromatic nitrogens is 1. The molecule has 2 rings (SSSR count). The molecule has 1 fully saturated rings. The summed E-state index contributed by atoms with van der Waals surface area (Å²) < 4.78 is 44.2. The molecule has 140 valence electrons. The van der Waals surface area contributed by atoms with Gasteiger partial charge in [0.1, 0.15) is 0 Å². The van der Waals surface area contributed by atoms with E-state index in [-0.39, 0.29) is 18.1 Å². The second-order valence-corrected chi connectivity index (χ2v) is 6.68. The monoisotopic (exact) mass is 359 g/mol. The second-order valence-electron chi connectivity index (χ2n) is 6.68. The molecule has 1 aromatic rings. The fraction of sp³-hybridized carbons (Fsp3) is 0.647. The predicted molar refractivity (Wildman–Crippen MR) is 87.0 cm³/mol. The molecular weight excluding hydrogens is 335 g/mol. The summed E-state index contributed by atoms with van der Waals surface area (Å²) in [5.74, 6) is 0.0187. The summed E-state index contributed by atoms with van der Waals surface area (Å²) in [6.45, 7) is 0.929. The van der Waals surface area contributed by atoms with E-state index in [1.54, 1.807) is 14.1 Å². The number of likely N-dealkylation sites (N-methyl/N-ethyl adjacent to an activating group) is 2. The molecule has 0 bridgehead atoms. The summed E-state index contributed by atoms with van der Waals surface area (Å²) in [6, 6.07) is 2.05. The number of alkyl halides is 3. The average Bonchev–Trinajstić information content (AvgIpc) is 2.93. The smallest absolute Gasteiger partial charge is 0.373 e. The number of pyridine rings is 1. The first-order valence-corrected chi connectivity index (χ1v) is 8.21. The van der Waals surface area contributed by atoms with Crippen molar-refractivity contribution in [3.63, 3.8) is 0 Å². The molecule has 2 atom stereocenters. The van der Waals surface area contributed by atoms with E-state index in [1.807, 2.05) is 11.9 Å². The molecule has 0 radical (unpaired) electrons. The van der Waals surface area contributed by atoms with Gasteiger partial charge in [-0.15, -0.1) is 0 Å². The number of ether oxygens (including phenoxy) is 1. The van der Waals surface area contributed by atoms with E-state index in [9.17, 15) is 18.0 Å². The van der Waals surface area contributed by atoms with Crippen LogP contribution in [0, 0.1) is 0 Å². The molecule has 1 aliphatic heterocycles. The van der Waals surface area contributed by atoms with Crippen LogP contribution >= 0.6 is 0 Å². The van der Waals surface area contributed by atoms with E-state index in [2.05, 4.69) is 4.98 Å². The summed E-state index contributed by atoms with van der Waals surface area (Å²) in [5.41, 5.74) is -0.300. The van der Waals surface area contributed by atoms with Gasteiger partial charge in [0.05, 0.1) is 24.3 Å². The van der Waals surface area contributed by atoms with E-state index in [4.69, 9.17) is 4.74 Å². The zero-order valence-corrected chi connectivity index (χ0v) is 14.7. The molecule has 0 aromatic carbocycles. The maximum absolute atomic E-state index is 12.8. The van der Waals surface area contributed by atoms with Gasteiger partial charge >= 0.3 is 6.18 Å². The van der Waals surface area contributed by atoms with Crippen LogP contribution in [0.25, 0.3) is 0 Å². The first kappa shape index (κ1) is 19.7. The van der Waals surface area contributed by atoms with Crippen LogP contribution in [0.1, 0.15) is 24.1 Å². The van der Waals surface area contributed by atoms with Crippen molar-refractivity contribution in [2.75, 3.05) is 34.2 Å². The minimum Gasteiger partial charge on any atom is -0.373 e. The minimum atomic E-state index is -4.36. The van der Waals surface area contributed by atoms with Crippen molar-refractivity contribution in [1.29, 1.82) is 0 Å². The third-order valence-corrected chi connectivity index (χ3v) is 4.20. The fourth-order valence-electron chi connectivity index (χ4n) is 2.85. The van der Waals surface area contributed by atoms with Crippen LogP contribution in [0.2, 0.25) is 0 Å². The largest absolute Gasteiger partial charge is 0.416 e. The van der Waals surface area contributed by atoms with Crippen molar-refractivity contribution in [3.8, 4) is 0 Å². The standard InChI is InChI=1S/C17H24F3N3O2/c1-22(2)16(24)11-23(3)10-15-5-4-14(25-15)9-13-8-12(6-7-21-13)17(18,19)20/h6-8,14-15H,4-5,9-11H2,1-3H3/t14-,15+/m0/s1. The zero-order valence-electron chi connectivity index (χ0n) is 14.7. The number of hydrogen-bond donors (Lipinski definition) is 0. The molecule has 8 heteroatoms. The van der Waals surface area contributed by atoms with E-state index < -0.39 is 11.7 Å². The molecule has 2 heterocycles. The summed E-state index contributed by atoms with van der Waals surface area (Å²) in [7, 11) is 5.27. The van der Waals surface area contributed by atoms with Crippen molar-refractivity contribution >= 4 is 5.91 Å². The number of carbonyl (C=O) groups is 1. The fourth-order valence-corrected chi connectivity index (χ4v) is 2.85. The zero-order chi connectivity index (χ0) is 18.6. The number of hydrogen-bond acceptors (Lipinski definition) is 4. The van der Waals surface area contributed by atoms with Gasteiger partial charge in [-0.2, -0.15) is 13.2 Å². The summed E-state index contributed by atoms with van der Waals surface area (Å²) in [4.78, 5) is 19.1. The maximum Gasteiger partial charge on any atom is 0.416 e. The Bertz CT molecular complexity index is 593. The third kappa shape index (κ3) is 5.97. The summed E-state index contributed by atoms with van der Waals surface area (Å²) in [5, 5.41) is 0. The van der Waals surface area contributed by atoms with E-state index >= 15 is 0 Å². The molecule has 0 unspecified atom stereocenters. The quantitative estimate of drug-likeness (QED) is 0.781. The number of halogens is 3. The van der Waals surface area contributed by atoms with Crippen LogP contribution < -0.4 is 0 Å². The highest BCUT2D eigenvalue weighted by atomic mass is 19.4. The summed E-state index contributed by atoms with van der Waals surface area (Å²) >= 11 is 0. The van der Waals surface area contributed by atoms with Crippen LogP contribution in [-0.4, -0.2) is 67.1 Å². The third-order valence-electron chi connectivity index (χ3n) is 4.20. The Labute approximate surface area is 145 Å². The first-order chi connectivity index (χ1) is 11.6. The SMILES string of the molecule is CN(CC(=O)N(C)C)C[C@H]1CC[C@@H](Cc2cc(C(F)(F)F)ccn2)O1. The molecule has 1 amide bonds. The second kappa shape index (κ2) is 8.14. The normalized spacial score (nSPS) is 20.9. The lowest BCUT2D eigenvalue weighted by Crippen LogP contribution is -2.38. The van der Waals surface area contributed by atoms with Gasteiger partial charge in [0.15, 0.2) is 0 Å². The lowest BCUT2D eigenvalue weighted by atomic mass is 10.1. The van der Waals surface area contributed by atoms with Crippen LogP contribution in [-0.2, 0) is 22.1 Å². The van der Waals surface area contributed by atoms with Crippen molar-refractivity contribution < 1.29 is 22.7 Å². The van der Waals surface area contributed by atoms with Gasteiger partial charge in [-0.05, 0) is 32.0 Å². The lowest BCUT2D eigenvalue weighted by molar-refractivity contribution is -0.137. The average molecular weight is 359 g/mol. The van der Waals surface area contributed by atoms with Crippen molar-refractivity contribution in [2.24, 2.45) is 0 Å². The van der Waals surface area contributed by atoms with Crippen LogP contribution in [0.15, 0.2) is 18.3 Å². The Balaban J connectivity index is 1.84. The molecule has 1 aliphatic rings. The van der Waals surface area contributed by atoms with Crippen molar-refractivity contribution in [1.82, 2.24) is 14.8 Å². The number of carbonyl (C=O) groups excluding carboxylic acids is 1. The topological polar surface area (TPSA) is 45.7 Å². The first-order valence-electron chi connectivity index (χ1n) is 8.21. The Kier molecular flexibility index (Phi) is 6.40. The van der Waals surface area contributed by atoms with Crippen molar-refractivity contribution in [3.05, 3.63) is 29.6 Å². The molecular formula is C17H24F3N3O2. The van der Waals surface area contributed by atoms with E-state index in [0.29, 0.717) is 25.2 Å². The highest BCUT2D eigenvalue weighted by molar-refractivity contribution is 5.77. The van der Waals surface area contributed by atoms with Gasteiger partial charge in [-0.1, -0.05) is 0 Å². The lowest BCUT2D eigenvalue weighted by Gasteiger charge is -2.22. The van der Waals surface area contributed by atoms with E-state index in [1.165, 1.54) is 11.1 Å². The van der Waals surface area contributed by atoms with E-state index in [0.717, 1.165) is 25.0 Å². The molecule has 0 N–H and O–H groups in total. The Morgan fingerprint density at radius 1 is 1.28 bits per heavy atom. The van der Waals surface area contributed by atoms with Gasteiger partial charge in [0.25, 0.3) is 0 Å². The van der Waals surface area contributed by atoms with Gasteiger partial charge in [0.2, 0.25) is 5.91 Å². The Morgan fingerprint density at radius 2 is 1.96 bits per heavy atom. The number of rotatable bonds is 6. The summed E-state index contributed by atoms with van der Waals surface area (Å²) in [6.07, 6.45) is -1.37. The van der Waals surface area contributed by atoms with Crippen molar-refractivity contribution in [2.45, 2.75) is 37.6 Å². The van der Waals surface area contributed by atoms with Gasteiger partial charge in [0, 0.05) is 39.0 Å². The number of nitrogens with zero attached hydrogens (tertiary/aromatic N) is 3. The predicted octanol–water partition coefficient (Wildman–Crippen LogP) is 2.21. The highest BCUT2D eigenvalue weighted by Crippen LogP contribution is 2.30. The highest BCUT2D eigenvalue weighted by Gasteiger charge is 2.32. The molecule has 0 aliphatic carbocycles. The maximum atomic E-state index is 12.8. The molecule has 1 saturated heterocycles. The molecule has 25 heavy (non-hydrogen) atoms. The Hall–Kier alpha value is -1.67.